The first-order valence-electron chi connectivity index (χ1n) is 7.28. The molecule has 1 aliphatic rings. The number of nitrogens with zero attached hydrogens (tertiary/aromatic N) is 3. The van der Waals surface area contributed by atoms with Crippen LogP contribution in [0.15, 0.2) is 36.7 Å². The summed E-state index contributed by atoms with van der Waals surface area (Å²) in [6, 6.07) is 7.39. The molecule has 0 radical (unpaired) electrons. The molecule has 1 saturated heterocycles. The third-order valence-electron chi connectivity index (χ3n) is 3.79. The number of amides is 1. The van der Waals surface area contributed by atoms with E-state index in [1.165, 1.54) is 0 Å². The van der Waals surface area contributed by atoms with Crippen molar-refractivity contribution in [3.8, 4) is 5.69 Å². The number of hydrogen-bond donors (Lipinski definition) is 0. The zero-order chi connectivity index (χ0) is 15.7. The molecule has 0 aliphatic carbocycles. The predicted molar refractivity (Wildman–Crippen MR) is 84.5 cm³/mol. The number of halogens is 1. The Hall–Kier alpha value is -1.85. The van der Waals surface area contributed by atoms with Crippen LogP contribution in [-0.4, -0.2) is 45.9 Å². The molecule has 1 amide bonds. The minimum Gasteiger partial charge on any atom is -0.375 e. The summed E-state index contributed by atoms with van der Waals surface area (Å²) in [5, 5.41) is 4.94. The number of carbonyl (C=O) groups excluding carboxylic acids is 1. The Morgan fingerprint density at radius 1 is 1.32 bits per heavy atom. The Kier molecular flexibility index (Phi) is 4.18. The highest BCUT2D eigenvalue weighted by Gasteiger charge is 2.28. The molecule has 1 aliphatic heterocycles. The summed E-state index contributed by atoms with van der Waals surface area (Å²) in [7, 11) is 0. The Balaban J connectivity index is 1.81. The molecule has 2 aromatic rings. The minimum atomic E-state index is -0.0112. The van der Waals surface area contributed by atoms with Crippen molar-refractivity contribution in [3.05, 3.63) is 47.2 Å². The Bertz CT molecular complexity index is 668. The summed E-state index contributed by atoms with van der Waals surface area (Å²) in [6.07, 6.45) is 3.41. The van der Waals surface area contributed by atoms with Gasteiger partial charge in [-0.15, -0.1) is 0 Å². The summed E-state index contributed by atoms with van der Waals surface area (Å²) >= 11 is 5.88. The molecule has 22 heavy (non-hydrogen) atoms. The first-order valence-corrected chi connectivity index (χ1v) is 7.65. The van der Waals surface area contributed by atoms with Gasteiger partial charge in [0.25, 0.3) is 5.91 Å². The van der Waals surface area contributed by atoms with Gasteiger partial charge in [-0.25, -0.2) is 4.68 Å². The molecule has 0 bridgehead atoms. The van der Waals surface area contributed by atoms with E-state index in [1.807, 2.05) is 30.9 Å². The third kappa shape index (κ3) is 3.00. The van der Waals surface area contributed by atoms with Crippen LogP contribution < -0.4 is 0 Å². The molecule has 1 fully saturated rings. The van der Waals surface area contributed by atoms with Gasteiger partial charge in [0.1, 0.15) is 0 Å². The van der Waals surface area contributed by atoms with Gasteiger partial charge in [-0.2, -0.15) is 5.10 Å². The molecule has 2 atom stereocenters. The maximum atomic E-state index is 12.7. The number of benzene rings is 1. The summed E-state index contributed by atoms with van der Waals surface area (Å²) in [6.45, 7) is 5.14. The van der Waals surface area contributed by atoms with E-state index in [1.54, 1.807) is 29.2 Å². The molecule has 0 N–H and O–H groups in total. The van der Waals surface area contributed by atoms with Gasteiger partial charge >= 0.3 is 0 Å². The van der Waals surface area contributed by atoms with Crippen LogP contribution in [0.25, 0.3) is 5.69 Å². The highest BCUT2D eigenvalue weighted by Crippen LogP contribution is 2.17. The molecule has 116 valence electrons. The Labute approximate surface area is 134 Å². The Morgan fingerprint density at radius 3 is 2.77 bits per heavy atom. The van der Waals surface area contributed by atoms with E-state index in [4.69, 9.17) is 16.3 Å². The number of carbonyl (C=O) groups is 1. The maximum Gasteiger partial charge on any atom is 0.257 e. The van der Waals surface area contributed by atoms with Crippen LogP contribution in [0.2, 0.25) is 5.02 Å². The monoisotopic (exact) mass is 319 g/mol. The molecule has 6 heteroatoms. The number of morpholine rings is 1. The molecule has 1 aromatic carbocycles. The van der Waals surface area contributed by atoms with Crippen LogP contribution in [0.5, 0.6) is 0 Å². The molecule has 3 rings (SSSR count). The predicted octanol–water partition coefficient (Wildman–Crippen LogP) is 2.78. The lowest BCUT2D eigenvalue weighted by Gasteiger charge is -2.36. The van der Waals surface area contributed by atoms with E-state index in [0.717, 1.165) is 5.69 Å². The quantitative estimate of drug-likeness (QED) is 0.855. The average Bonchev–Trinajstić information content (AvgIpc) is 2.99. The average molecular weight is 320 g/mol. The van der Waals surface area contributed by atoms with E-state index >= 15 is 0 Å². The summed E-state index contributed by atoms with van der Waals surface area (Å²) in [5.74, 6) is -0.0112. The van der Waals surface area contributed by atoms with Crippen molar-refractivity contribution >= 4 is 17.5 Å². The molecular formula is C16H18ClN3O2. The number of aromatic nitrogens is 2. The van der Waals surface area contributed by atoms with Crippen molar-refractivity contribution in [1.29, 1.82) is 0 Å². The maximum absolute atomic E-state index is 12.7. The highest BCUT2D eigenvalue weighted by atomic mass is 35.5. The minimum absolute atomic E-state index is 0.0112. The number of ether oxygens (including phenoxy) is 1. The van der Waals surface area contributed by atoms with Crippen LogP contribution in [0.1, 0.15) is 24.2 Å². The first-order chi connectivity index (χ1) is 10.5. The second-order valence-corrected chi connectivity index (χ2v) is 6.04. The van der Waals surface area contributed by atoms with Gasteiger partial charge in [0.2, 0.25) is 0 Å². The molecule has 0 spiro atoms. The van der Waals surface area contributed by atoms with Gasteiger partial charge in [-0.05, 0) is 38.1 Å². The lowest BCUT2D eigenvalue weighted by Crippen LogP contribution is -2.50. The smallest absolute Gasteiger partial charge is 0.257 e. The zero-order valence-corrected chi connectivity index (χ0v) is 13.3. The van der Waals surface area contributed by atoms with Crippen molar-refractivity contribution in [3.63, 3.8) is 0 Å². The van der Waals surface area contributed by atoms with Crippen molar-refractivity contribution in [2.45, 2.75) is 26.0 Å². The topological polar surface area (TPSA) is 47.4 Å². The standard InChI is InChI=1S/C16H18ClN3O2/c1-11-10-22-12(2)8-19(11)16(21)13-7-18-20(9-13)15-5-3-14(17)4-6-15/h3-7,9,11-12H,8,10H2,1-2H3/t11-,12-/m1/s1. The van der Waals surface area contributed by atoms with Crippen LogP contribution in [0, 0.1) is 0 Å². The van der Waals surface area contributed by atoms with Gasteiger partial charge in [0, 0.05) is 17.8 Å². The van der Waals surface area contributed by atoms with Crippen LogP contribution in [0.3, 0.4) is 0 Å². The number of hydrogen-bond acceptors (Lipinski definition) is 3. The van der Waals surface area contributed by atoms with Crippen molar-refractivity contribution in [2.24, 2.45) is 0 Å². The third-order valence-corrected chi connectivity index (χ3v) is 4.04. The molecule has 1 aromatic heterocycles. The second-order valence-electron chi connectivity index (χ2n) is 5.60. The summed E-state index contributed by atoms with van der Waals surface area (Å²) in [5.41, 5.74) is 1.45. The van der Waals surface area contributed by atoms with Crippen molar-refractivity contribution in [2.75, 3.05) is 13.2 Å². The summed E-state index contributed by atoms with van der Waals surface area (Å²) in [4.78, 5) is 14.5. The van der Waals surface area contributed by atoms with Gasteiger partial charge in [0.05, 0.1) is 36.2 Å². The fraction of sp³-hybridized carbons (Fsp3) is 0.375. The van der Waals surface area contributed by atoms with E-state index in [2.05, 4.69) is 5.10 Å². The first kappa shape index (κ1) is 15.1. The summed E-state index contributed by atoms with van der Waals surface area (Å²) < 4.78 is 7.24. The van der Waals surface area contributed by atoms with Crippen LogP contribution in [0.4, 0.5) is 0 Å². The van der Waals surface area contributed by atoms with Gasteiger partial charge < -0.3 is 9.64 Å². The fourth-order valence-electron chi connectivity index (χ4n) is 2.52. The zero-order valence-electron chi connectivity index (χ0n) is 12.6. The molecule has 0 saturated carbocycles. The van der Waals surface area contributed by atoms with Gasteiger partial charge in [0.15, 0.2) is 0 Å². The van der Waals surface area contributed by atoms with E-state index in [9.17, 15) is 4.79 Å². The largest absolute Gasteiger partial charge is 0.375 e. The normalized spacial score (nSPS) is 21.9. The van der Waals surface area contributed by atoms with E-state index < -0.39 is 0 Å². The van der Waals surface area contributed by atoms with Gasteiger partial charge in [-0.3, -0.25) is 4.79 Å². The van der Waals surface area contributed by atoms with E-state index in [-0.39, 0.29) is 18.1 Å². The number of rotatable bonds is 2. The SMILES string of the molecule is C[C@@H]1CN(C(=O)c2cnn(-c3ccc(Cl)cc3)c2)[C@H](C)CO1. The fourth-order valence-corrected chi connectivity index (χ4v) is 2.65. The lowest BCUT2D eigenvalue weighted by atomic mass is 10.1. The molecule has 0 unspecified atom stereocenters. The van der Waals surface area contributed by atoms with Crippen molar-refractivity contribution in [1.82, 2.24) is 14.7 Å². The Morgan fingerprint density at radius 2 is 2.05 bits per heavy atom. The lowest BCUT2D eigenvalue weighted by molar-refractivity contribution is -0.0387. The van der Waals surface area contributed by atoms with Crippen LogP contribution in [-0.2, 0) is 4.74 Å². The van der Waals surface area contributed by atoms with Crippen LogP contribution >= 0.6 is 11.6 Å². The molecular weight excluding hydrogens is 302 g/mol. The van der Waals surface area contributed by atoms with E-state index in [0.29, 0.717) is 23.7 Å². The second kappa shape index (κ2) is 6.10. The molecule has 2 heterocycles. The van der Waals surface area contributed by atoms with Gasteiger partial charge in [-0.1, -0.05) is 11.6 Å². The van der Waals surface area contributed by atoms with Crippen molar-refractivity contribution < 1.29 is 9.53 Å². The highest BCUT2D eigenvalue weighted by molar-refractivity contribution is 6.30. The molecule has 5 nitrogen and oxygen atoms in total.